The van der Waals surface area contributed by atoms with Gasteiger partial charge in [-0.1, -0.05) is 23.7 Å². The lowest BCUT2D eigenvalue weighted by molar-refractivity contribution is 0.0696. The molecule has 0 spiro atoms. The minimum atomic E-state index is -1.00. The van der Waals surface area contributed by atoms with Crippen molar-refractivity contribution in [3.8, 4) is 0 Å². The predicted molar refractivity (Wildman–Crippen MR) is 56.4 cm³/mol. The Bertz CT molecular complexity index is 533. The fourth-order valence-electron chi connectivity index (χ4n) is 1.52. The molecule has 0 aliphatic carbocycles. The zero-order valence-electron chi connectivity index (χ0n) is 7.90. The monoisotopic (exact) mass is 225 g/mol. The van der Waals surface area contributed by atoms with Gasteiger partial charge in [0, 0.05) is 5.39 Å². The zero-order valence-corrected chi connectivity index (χ0v) is 8.65. The third-order valence-corrected chi connectivity index (χ3v) is 2.48. The normalized spacial score (nSPS) is 10.5. The van der Waals surface area contributed by atoms with E-state index in [9.17, 15) is 4.79 Å². The first-order valence-electron chi connectivity index (χ1n) is 4.22. The van der Waals surface area contributed by atoms with Gasteiger partial charge in [0.25, 0.3) is 0 Å². The number of aromatic carboxylic acids is 1. The number of benzene rings is 1. The van der Waals surface area contributed by atoms with Gasteiger partial charge in [0.2, 0.25) is 0 Å². The second kappa shape index (κ2) is 3.47. The first-order chi connectivity index (χ1) is 7.15. The lowest BCUT2D eigenvalue weighted by Gasteiger charge is -2.02. The van der Waals surface area contributed by atoms with Crippen LogP contribution in [0.25, 0.3) is 10.9 Å². The molecule has 0 amide bonds. The van der Waals surface area contributed by atoms with Gasteiger partial charge >= 0.3 is 5.97 Å². The molecule has 2 rings (SSSR count). The van der Waals surface area contributed by atoms with Crippen molar-refractivity contribution in [3.05, 3.63) is 35.0 Å². The topological polar surface area (TPSA) is 51.5 Å². The van der Waals surface area contributed by atoms with Crippen LogP contribution >= 0.6 is 11.6 Å². The Morgan fingerprint density at radius 1 is 1.53 bits per heavy atom. The standard InChI is InChI=1S/C10H8ClNO3/c1-15-12-5-7(10(13)14)6-3-2-4-8(11)9(6)12/h2-5H,1H3,(H,13,14). The van der Waals surface area contributed by atoms with Crippen molar-refractivity contribution in [2.45, 2.75) is 0 Å². The molecule has 15 heavy (non-hydrogen) atoms. The number of para-hydroxylation sites is 1. The molecule has 1 aromatic heterocycles. The summed E-state index contributed by atoms with van der Waals surface area (Å²) in [6, 6.07) is 5.09. The summed E-state index contributed by atoms with van der Waals surface area (Å²) in [5, 5.41) is 10.00. The van der Waals surface area contributed by atoms with Crippen LogP contribution in [0.15, 0.2) is 24.4 Å². The van der Waals surface area contributed by atoms with Crippen LogP contribution in [0.5, 0.6) is 0 Å². The summed E-state index contributed by atoms with van der Waals surface area (Å²) in [4.78, 5) is 16.0. The van der Waals surface area contributed by atoms with Crippen LogP contribution in [-0.2, 0) is 0 Å². The van der Waals surface area contributed by atoms with Gasteiger partial charge in [-0.05, 0) is 6.07 Å². The molecular formula is C10H8ClNO3. The first-order valence-corrected chi connectivity index (χ1v) is 4.60. The average Bonchev–Trinajstić information content (AvgIpc) is 2.58. The van der Waals surface area contributed by atoms with Gasteiger partial charge in [0.15, 0.2) is 0 Å². The highest BCUT2D eigenvalue weighted by Gasteiger charge is 2.16. The smallest absolute Gasteiger partial charge is 0.338 e. The first kappa shape index (κ1) is 9.86. The van der Waals surface area contributed by atoms with Crippen LogP contribution in [0.3, 0.4) is 0 Å². The second-order valence-electron chi connectivity index (χ2n) is 2.99. The number of hydrogen-bond acceptors (Lipinski definition) is 2. The van der Waals surface area contributed by atoms with E-state index in [1.807, 2.05) is 0 Å². The Morgan fingerprint density at radius 3 is 2.87 bits per heavy atom. The molecule has 1 heterocycles. The molecule has 1 aromatic carbocycles. The predicted octanol–water partition coefficient (Wildman–Crippen LogP) is 2.05. The number of rotatable bonds is 2. The molecule has 2 aromatic rings. The van der Waals surface area contributed by atoms with Crippen LogP contribution in [-0.4, -0.2) is 22.9 Å². The summed E-state index contributed by atoms with van der Waals surface area (Å²) in [5.41, 5.74) is 0.744. The van der Waals surface area contributed by atoms with Crippen molar-refractivity contribution in [1.82, 2.24) is 4.73 Å². The molecule has 0 atom stereocenters. The van der Waals surface area contributed by atoms with Gasteiger partial charge in [-0.2, -0.15) is 4.73 Å². The lowest BCUT2D eigenvalue weighted by atomic mass is 10.2. The van der Waals surface area contributed by atoms with E-state index in [1.165, 1.54) is 18.0 Å². The quantitative estimate of drug-likeness (QED) is 0.851. The molecule has 4 nitrogen and oxygen atoms in total. The molecule has 0 aliphatic rings. The van der Waals surface area contributed by atoms with Crippen LogP contribution in [0.4, 0.5) is 0 Å². The van der Waals surface area contributed by atoms with Gasteiger partial charge in [-0.25, -0.2) is 4.79 Å². The lowest BCUT2D eigenvalue weighted by Crippen LogP contribution is -2.03. The summed E-state index contributed by atoms with van der Waals surface area (Å²) in [7, 11) is 1.45. The van der Waals surface area contributed by atoms with E-state index >= 15 is 0 Å². The van der Waals surface area contributed by atoms with Gasteiger partial charge in [0.1, 0.15) is 12.6 Å². The Labute approximate surface area is 90.6 Å². The number of carbonyl (C=O) groups is 1. The Balaban J connectivity index is 2.87. The summed E-state index contributed by atoms with van der Waals surface area (Å²) >= 11 is 5.97. The number of halogens is 1. The Kier molecular flexibility index (Phi) is 2.28. The molecular weight excluding hydrogens is 218 g/mol. The molecule has 0 unspecified atom stereocenters. The van der Waals surface area contributed by atoms with Crippen LogP contribution in [0.2, 0.25) is 5.02 Å². The van der Waals surface area contributed by atoms with Crippen LogP contribution in [0, 0.1) is 0 Å². The Hall–Kier alpha value is -1.68. The fourth-order valence-corrected chi connectivity index (χ4v) is 1.78. The van der Waals surface area contributed by atoms with E-state index in [1.54, 1.807) is 18.2 Å². The van der Waals surface area contributed by atoms with Gasteiger partial charge in [0.05, 0.1) is 16.8 Å². The highest BCUT2D eigenvalue weighted by Crippen LogP contribution is 2.27. The summed E-state index contributed by atoms with van der Waals surface area (Å²) < 4.78 is 1.35. The minimum absolute atomic E-state index is 0.175. The van der Waals surface area contributed by atoms with Crippen molar-refractivity contribution in [2.75, 3.05) is 7.11 Å². The molecule has 0 saturated carbocycles. The van der Waals surface area contributed by atoms with Crippen LogP contribution in [0.1, 0.15) is 10.4 Å². The molecule has 5 heteroatoms. The summed E-state index contributed by atoms with van der Waals surface area (Å²) in [6.45, 7) is 0. The van der Waals surface area contributed by atoms with Crippen molar-refractivity contribution < 1.29 is 14.7 Å². The molecule has 0 bridgehead atoms. The maximum Gasteiger partial charge on any atom is 0.338 e. The van der Waals surface area contributed by atoms with Crippen LogP contribution < -0.4 is 4.84 Å². The van der Waals surface area contributed by atoms with Gasteiger partial charge in [-0.3, -0.25) is 0 Å². The van der Waals surface area contributed by atoms with E-state index in [2.05, 4.69) is 0 Å². The van der Waals surface area contributed by atoms with E-state index in [0.29, 0.717) is 15.9 Å². The molecule has 0 aliphatic heterocycles. The second-order valence-corrected chi connectivity index (χ2v) is 3.40. The maximum absolute atomic E-state index is 10.9. The van der Waals surface area contributed by atoms with Gasteiger partial charge < -0.3 is 9.94 Å². The van der Waals surface area contributed by atoms with Crippen molar-refractivity contribution in [1.29, 1.82) is 0 Å². The molecule has 0 saturated heterocycles. The van der Waals surface area contributed by atoms with E-state index in [-0.39, 0.29) is 5.56 Å². The summed E-state index contributed by atoms with van der Waals surface area (Å²) in [6.07, 6.45) is 1.40. The number of hydrogen-bond donors (Lipinski definition) is 1. The third-order valence-electron chi connectivity index (χ3n) is 2.17. The largest absolute Gasteiger partial charge is 0.478 e. The van der Waals surface area contributed by atoms with Crippen molar-refractivity contribution in [2.24, 2.45) is 0 Å². The molecule has 0 fully saturated rings. The SMILES string of the molecule is COn1cc(C(=O)O)c2cccc(Cl)c21. The highest BCUT2D eigenvalue weighted by molar-refractivity contribution is 6.35. The zero-order chi connectivity index (χ0) is 11.0. The van der Waals surface area contributed by atoms with E-state index < -0.39 is 5.97 Å². The maximum atomic E-state index is 10.9. The summed E-state index contributed by atoms with van der Waals surface area (Å²) in [5.74, 6) is -1.00. The van der Waals surface area contributed by atoms with Crippen molar-refractivity contribution in [3.63, 3.8) is 0 Å². The van der Waals surface area contributed by atoms with E-state index in [0.717, 1.165) is 0 Å². The molecule has 0 radical (unpaired) electrons. The van der Waals surface area contributed by atoms with E-state index in [4.69, 9.17) is 21.5 Å². The van der Waals surface area contributed by atoms with Crippen molar-refractivity contribution >= 4 is 28.5 Å². The number of carboxylic acids is 1. The minimum Gasteiger partial charge on any atom is -0.478 e. The average molecular weight is 226 g/mol. The molecule has 78 valence electrons. The molecule has 1 N–H and O–H groups in total. The highest BCUT2D eigenvalue weighted by atomic mass is 35.5. The number of carboxylic acid groups (broad SMARTS) is 1. The number of fused-ring (bicyclic) bond motifs is 1. The number of aromatic nitrogens is 1. The number of nitrogens with zero attached hydrogens (tertiary/aromatic N) is 1. The fraction of sp³-hybridized carbons (Fsp3) is 0.100. The van der Waals surface area contributed by atoms with Gasteiger partial charge in [-0.15, -0.1) is 0 Å². The Morgan fingerprint density at radius 2 is 2.27 bits per heavy atom. The third kappa shape index (κ3) is 1.43.